The van der Waals surface area contributed by atoms with Crippen molar-refractivity contribution in [2.75, 3.05) is 20.1 Å². The zero-order valence-corrected chi connectivity index (χ0v) is 13.2. The highest BCUT2D eigenvalue weighted by Crippen LogP contribution is 2.45. The van der Waals surface area contributed by atoms with Crippen LogP contribution in [0.1, 0.15) is 10.5 Å². The second-order valence-electron chi connectivity index (χ2n) is 5.78. The number of fused-ring (bicyclic) bond motifs is 2. The second-order valence-corrected chi connectivity index (χ2v) is 6.64. The topological polar surface area (TPSA) is 58.1 Å². The molecule has 5 nitrogen and oxygen atoms in total. The average molecular weight is 347 g/mol. The Balaban J connectivity index is 1.63. The van der Waals surface area contributed by atoms with Crippen LogP contribution < -0.4 is 5.32 Å². The molecule has 1 N–H and O–H groups in total. The molecular formula is C15H15BrN4O. The monoisotopic (exact) mass is 346 g/mol. The number of halogens is 1. The number of carbonyl (C=O) groups excluding carboxylic acids is 1. The Morgan fingerprint density at radius 3 is 2.86 bits per heavy atom. The number of nitrogens with one attached hydrogen (secondary N) is 1. The summed E-state index contributed by atoms with van der Waals surface area (Å²) in [7, 11) is 1.89. The zero-order valence-electron chi connectivity index (χ0n) is 11.6. The van der Waals surface area contributed by atoms with Crippen molar-refractivity contribution < 1.29 is 4.79 Å². The molecule has 1 saturated carbocycles. The molecule has 2 fully saturated rings. The van der Waals surface area contributed by atoms with Gasteiger partial charge in [0.15, 0.2) is 0 Å². The van der Waals surface area contributed by atoms with E-state index in [2.05, 4.69) is 31.2 Å². The molecule has 2 aromatic rings. The third-order valence-corrected chi connectivity index (χ3v) is 5.17. The van der Waals surface area contributed by atoms with Crippen LogP contribution in [0.5, 0.6) is 0 Å². The smallest absolute Gasteiger partial charge is 0.272 e. The molecule has 1 unspecified atom stereocenters. The van der Waals surface area contributed by atoms with Crippen molar-refractivity contribution in [1.82, 2.24) is 20.2 Å². The maximum absolute atomic E-state index is 12.6. The number of pyridine rings is 2. The number of nitrogens with zero attached hydrogens (tertiary/aromatic N) is 3. The summed E-state index contributed by atoms with van der Waals surface area (Å²) in [5.74, 6) is 1.24. The van der Waals surface area contributed by atoms with E-state index in [4.69, 9.17) is 0 Å². The molecule has 3 atom stereocenters. The first-order valence-electron chi connectivity index (χ1n) is 7.05. The predicted octanol–water partition coefficient (Wildman–Crippen LogP) is 1.68. The van der Waals surface area contributed by atoms with E-state index in [9.17, 15) is 4.79 Å². The van der Waals surface area contributed by atoms with Crippen LogP contribution in [-0.4, -0.2) is 47.0 Å². The number of carbonyl (C=O) groups is 1. The van der Waals surface area contributed by atoms with Gasteiger partial charge in [0.1, 0.15) is 5.69 Å². The van der Waals surface area contributed by atoms with Crippen molar-refractivity contribution in [1.29, 1.82) is 0 Å². The number of amides is 1. The van der Waals surface area contributed by atoms with Gasteiger partial charge in [0.05, 0.1) is 9.99 Å². The van der Waals surface area contributed by atoms with Crippen molar-refractivity contribution in [2.45, 2.75) is 6.04 Å². The van der Waals surface area contributed by atoms with Gasteiger partial charge in [-0.25, -0.2) is 4.98 Å². The molecule has 1 aliphatic heterocycles. The highest BCUT2D eigenvalue weighted by molar-refractivity contribution is 9.10. The first-order valence-corrected chi connectivity index (χ1v) is 7.84. The van der Waals surface area contributed by atoms with Crippen LogP contribution in [0.3, 0.4) is 0 Å². The van der Waals surface area contributed by atoms with Gasteiger partial charge >= 0.3 is 0 Å². The van der Waals surface area contributed by atoms with Gasteiger partial charge in [-0.2, -0.15) is 0 Å². The molecule has 1 amide bonds. The molecular weight excluding hydrogens is 332 g/mol. The molecule has 6 heteroatoms. The minimum Gasteiger partial charge on any atom is -0.337 e. The van der Waals surface area contributed by atoms with Gasteiger partial charge in [-0.1, -0.05) is 0 Å². The van der Waals surface area contributed by atoms with Crippen LogP contribution in [-0.2, 0) is 0 Å². The van der Waals surface area contributed by atoms with Crippen molar-refractivity contribution in [3.63, 3.8) is 0 Å². The first kappa shape index (κ1) is 13.2. The maximum Gasteiger partial charge on any atom is 0.272 e. The highest BCUT2D eigenvalue weighted by Gasteiger charge is 2.56. The molecule has 0 radical (unpaired) electrons. The lowest BCUT2D eigenvalue weighted by molar-refractivity contribution is 0.0763. The van der Waals surface area contributed by atoms with Crippen molar-refractivity contribution in [3.05, 3.63) is 34.7 Å². The molecule has 0 bridgehead atoms. The lowest BCUT2D eigenvalue weighted by Crippen LogP contribution is -2.35. The van der Waals surface area contributed by atoms with Crippen molar-refractivity contribution in [3.8, 4) is 0 Å². The van der Waals surface area contributed by atoms with E-state index in [1.54, 1.807) is 18.5 Å². The summed E-state index contributed by atoms with van der Waals surface area (Å²) in [4.78, 5) is 23.1. The largest absolute Gasteiger partial charge is 0.337 e. The van der Waals surface area contributed by atoms with Crippen LogP contribution in [0.15, 0.2) is 29.0 Å². The van der Waals surface area contributed by atoms with Gasteiger partial charge in [0.25, 0.3) is 5.91 Å². The van der Waals surface area contributed by atoms with Gasteiger partial charge in [0.2, 0.25) is 0 Å². The van der Waals surface area contributed by atoms with Crippen LogP contribution in [0.4, 0.5) is 0 Å². The molecule has 2 aliphatic rings. The highest BCUT2D eigenvalue weighted by atomic mass is 79.9. The number of piperidine rings is 1. The van der Waals surface area contributed by atoms with Crippen LogP contribution in [0.2, 0.25) is 0 Å². The summed E-state index contributed by atoms with van der Waals surface area (Å²) >= 11 is 3.44. The molecule has 1 aliphatic carbocycles. The fourth-order valence-electron chi connectivity index (χ4n) is 3.40. The van der Waals surface area contributed by atoms with Crippen molar-refractivity contribution in [2.24, 2.45) is 11.8 Å². The summed E-state index contributed by atoms with van der Waals surface area (Å²) in [5.41, 5.74) is 1.27. The van der Waals surface area contributed by atoms with Gasteiger partial charge in [0, 0.05) is 44.0 Å². The van der Waals surface area contributed by atoms with E-state index in [0.29, 0.717) is 23.6 Å². The zero-order chi connectivity index (χ0) is 14.6. The van der Waals surface area contributed by atoms with Gasteiger partial charge in [-0.15, -0.1) is 0 Å². The van der Waals surface area contributed by atoms with E-state index in [0.717, 1.165) is 28.5 Å². The number of aromatic nitrogens is 2. The van der Waals surface area contributed by atoms with Gasteiger partial charge < -0.3 is 10.2 Å². The standard InChI is InChI=1S/C15H15BrN4O/c1-20(14-9-5-18-6-10(9)14)15(21)12-3-2-8-4-17-7-11(16)13(8)19-12/h2-4,7,9-10,14,18H,5-6H2,1H3/t9-,10+,14?. The van der Waals surface area contributed by atoms with Crippen LogP contribution >= 0.6 is 15.9 Å². The normalized spacial score (nSPS) is 26.7. The van der Waals surface area contributed by atoms with Gasteiger partial charge in [-0.3, -0.25) is 9.78 Å². The molecule has 4 rings (SSSR count). The Bertz CT molecular complexity index is 725. The minimum absolute atomic E-state index is 0.0000113. The summed E-state index contributed by atoms with van der Waals surface area (Å²) in [5, 5.41) is 4.28. The van der Waals surface area contributed by atoms with E-state index < -0.39 is 0 Å². The predicted molar refractivity (Wildman–Crippen MR) is 83.0 cm³/mol. The number of rotatable bonds is 2. The quantitative estimate of drug-likeness (QED) is 0.898. The first-order chi connectivity index (χ1) is 10.2. The minimum atomic E-state index is 0.0000113. The van der Waals surface area contributed by atoms with E-state index in [-0.39, 0.29) is 5.91 Å². The lowest BCUT2D eigenvalue weighted by atomic mass is 10.2. The Hall–Kier alpha value is -1.53. The Morgan fingerprint density at radius 2 is 2.10 bits per heavy atom. The van der Waals surface area contributed by atoms with E-state index >= 15 is 0 Å². The molecule has 2 aromatic heterocycles. The molecule has 0 spiro atoms. The third-order valence-electron chi connectivity index (χ3n) is 4.59. The summed E-state index contributed by atoms with van der Waals surface area (Å²) < 4.78 is 0.810. The molecule has 108 valence electrons. The van der Waals surface area contributed by atoms with E-state index in [1.807, 2.05) is 18.0 Å². The summed E-state index contributed by atoms with van der Waals surface area (Å²) in [6, 6.07) is 4.06. The van der Waals surface area contributed by atoms with Gasteiger partial charge in [-0.05, 0) is 39.9 Å². The Morgan fingerprint density at radius 1 is 1.33 bits per heavy atom. The van der Waals surface area contributed by atoms with Crippen LogP contribution in [0.25, 0.3) is 10.9 Å². The Labute approximate surface area is 130 Å². The number of hydrogen-bond donors (Lipinski definition) is 1. The lowest BCUT2D eigenvalue weighted by Gasteiger charge is -2.19. The molecule has 21 heavy (non-hydrogen) atoms. The van der Waals surface area contributed by atoms with Crippen molar-refractivity contribution >= 4 is 32.7 Å². The molecule has 3 heterocycles. The average Bonchev–Trinajstić information content (AvgIpc) is 2.98. The SMILES string of the molecule is CN(C(=O)c1ccc2cncc(Br)c2n1)C1[C@H]2CNC[C@@H]12. The second kappa shape index (κ2) is 4.74. The third kappa shape index (κ3) is 2.05. The fourth-order valence-corrected chi connectivity index (χ4v) is 3.84. The molecule has 1 saturated heterocycles. The summed E-state index contributed by atoms with van der Waals surface area (Å²) in [6.07, 6.45) is 3.45. The molecule has 0 aromatic carbocycles. The summed E-state index contributed by atoms with van der Waals surface area (Å²) in [6.45, 7) is 2.05. The maximum atomic E-state index is 12.6. The number of hydrogen-bond acceptors (Lipinski definition) is 4. The Kier molecular flexibility index (Phi) is 2.97. The van der Waals surface area contributed by atoms with Crippen LogP contribution in [0, 0.1) is 11.8 Å². The fraction of sp³-hybridized carbons (Fsp3) is 0.400. The van der Waals surface area contributed by atoms with E-state index in [1.165, 1.54) is 0 Å².